The minimum Gasteiger partial charge on any atom is -0.326 e. The molecule has 4 heteroatoms. The van der Waals surface area contributed by atoms with E-state index in [-0.39, 0.29) is 0 Å². The largest absolute Gasteiger partial charge is 0.326 e. The van der Waals surface area contributed by atoms with E-state index in [1.54, 1.807) is 0 Å². The average Bonchev–Trinajstić information content (AvgIpc) is 2.65. The molecule has 1 N–H and O–H groups in total. The zero-order valence-corrected chi connectivity index (χ0v) is 14.7. The summed E-state index contributed by atoms with van der Waals surface area (Å²) < 4.78 is 0. The van der Waals surface area contributed by atoms with E-state index in [4.69, 9.17) is 4.98 Å². The van der Waals surface area contributed by atoms with Gasteiger partial charge in [-0.2, -0.15) is 4.98 Å². The molecule has 1 aromatic heterocycles. The van der Waals surface area contributed by atoms with Crippen molar-refractivity contribution in [2.24, 2.45) is 0 Å². The van der Waals surface area contributed by atoms with E-state index in [0.29, 0.717) is 5.95 Å². The van der Waals surface area contributed by atoms with Crippen LogP contribution in [0.5, 0.6) is 0 Å². The second-order valence-electron chi connectivity index (χ2n) is 6.51. The van der Waals surface area contributed by atoms with Crippen LogP contribution >= 0.6 is 0 Å². The van der Waals surface area contributed by atoms with Crippen LogP contribution in [-0.4, -0.2) is 16.5 Å². The second kappa shape index (κ2) is 6.55. The van der Waals surface area contributed by atoms with Crippen molar-refractivity contribution in [3.8, 4) is 0 Å². The molecule has 1 aliphatic heterocycles. The van der Waals surface area contributed by atoms with Crippen molar-refractivity contribution in [3.05, 3.63) is 71.4 Å². The smallest absolute Gasteiger partial charge is 0.229 e. The molecule has 2 aromatic carbocycles. The lowest BCUT2D eigenvalue weighted by atomic mass is 10.0. The molecule has 0 spiro atoms. The molecule has 0 fully saturated rings. The molecule has 4 rings (SSSR count). The highest BCUT2D eigenvalue weighted by Gasteiger charge is 2.19. The fourth-order valence-corrected chi connectivity index (χ4v) is 3.45. The van der Waals surface area contributed by atoms with Gasteiger partial charge in [-0.15, -0.1) is 0 Å². The molecule has 25 heavy (non-hydrogen) atoms. The molecule has 4 nitrogen and oxygen atoms in total. The van der Waals surface area contributed by atoms with Crippen molar-refractivity contribution in [1.29, 1.82) is 0 Å². The Morgan fingerprint density at radius 3 is 2.60 bits per heavy atom. The summed E-state index contributed by atoms with van der Waals surface area (Å²) in [4.78, 5) is 11.5. The first kappa shape index (κ1) is 15.6. The van der Waals surface area contributed by atoms with Crippen LogP contribution in [0.1, 0.15) is 23.1 Å². The predicted molar refractivity (Wildman–Crippen MR) is 103 cm³/mol. The second-order valence-corrected chi connectivity index (χ2v) is 6.51. The lowest BCUT2D eigenvalue weighted by Gasteiger charge is -2.30. The van der Waals surface area contributed by atoms with Gasteiger partial charge in [0.15, 0.2) is 0 Å². The van der Waals surface area contributed by atoms with Gasteiger partial charge in [0.05, 0.1) is 0 Å². The molecule has 0 amide bonds. The number of aromatic nitrogens is 2. The molecule has 0 aliphatic carbocycles. The number of fused-ring (bicyclic) bond motifs is 1. The first-order valence-corrected chi connectivity index (χ1v) is 8.74. The third-order valence-electron chi connectivity index (χ3n) is 4.75. The number of rotatable bonds is 3. The number of hydrogen-bond acceptors (Lipinski definition) is 4. The lowest BCUT2D eigenvalue weighted by Crippen LogP contribution is -2.25. The number of nitrogens with zero attached hydrogens (tertiary/aromatic N) is 3. The SMILES string of the molecule is Cc1cccc(C)c1Nc1nccc(N2CCCc3ccccc32)n1. The third-order valence-corrected chi connectivity index (χ3v) is 4.75. The van der Waals surface area contributed by atoms with Crippen LogP contribution in [0.4, 0.5) is 23.1 Å². The molecular weight excluding hydrogens is 308 g/mol. The number of aryl methyl sites for hydroxylation is 3. The van der Waals surface area contributed by atoms with Crippen molar-refractivity contribution in [1.82, 2.24) is 9.97 Å². The van der Waals surface area contributed by atoms with E-state index in [9.17, 15) is 0 Å². The van der Waals surface area contributed by atoms with Gasteiger partial charge >= 0.3 is 0 Å². The molecule has 0 unspecified atom stereocenters. The Morgan fingerprint density at radius 2 is 1.76 bits per heavy atom. The van der Waals surface area contributed by atoms with E-state index < -0.39 is 0 Å². The molecule has 2 heterocycles. The third kappa shape index (κ3) is 3.07. The standard InChI is InChI=1S/C21H22N4/c1-15-7-5-8-16(2)20(15)24-21-22-13-12-19(23-21)25-14-6-10-17-9-3-4-11-18(17)25/h3-5,7-9,11-13H,6,10,14H2,1-2H3,(H,22,23,24). The van der Waals surface area contributed by atoms with E-state index in [1.807, 2.05) is 12.3 Å². The Bertz CT molecular complexity index is 884. The fraction of sp³-hybridized carbons (Fsp3) is 0.238. The van der Waals surface area contributed by atoms with Gasteiger partial charge in [0, 0.05) is 24.1 Å². The molecular formula is C21H22N4. The van der Waals surface area contributed by atoms with Gasteiger partial charge in [-0.25, -0.2) is 4.98 Å². The number of nitrogens with one attached hydrogen (secondary N) is 1. The zero-order valence-electron chi connectivity index (χ0n) is 14.7. The van der Waals surface area contributed by atoms with Crippen molar-refractivity contribution >= 4 is 23.1 Å². The number of para-hydroxylation sites is 2. The minimum atomic E-state index is 0.637. The van der Waals surface area contributed by atoms with Gasteiger partial charge in [0.2, 0.25) is 5.95 Å². The van der Waals surface area contributed by atoms with E-state index >= 15 is 0 Å². The highest BCUT2D eigenvalue weighted by Crippen LogP contribution is 2.32. The van der Waals surface area contributed by atoms with Gasteiger partial charge in [0.25, 0.3) is 0 Å². The lowest BCUT2D eigenvalue weighted by molar-refractivity contribution is 0.759. The summed E-state index contributed by atoms with van der Waals surface area (Å²) in [6.45, 7) is 5.18. The topological polar surface area (TPSA) is 41.1 Å². The Hall–Kier alpha value is -2.88. The van der Waals surface area contributed by atoms with Crippen LogP contribution in [0, 0.1) is 13.8 Å². The highest BCUT2D eigenvalue weighted by atomic mass is 15.2. The number of benzene rings is 2. The molecule has 126 valence electrons. The van der Waals surface area contributed by atoms with Crippen molar-refractivity contribution in [2.75, 3.05) is 16.8 Å². The molecule has 3 aromatic rings. The van der Waals surface area contributed by atoms with Gasteiger partial charge < -0.3 is 10.2 Å². The Kier molecular flexibility index (Phi) is 4.10. The molecule has 0 radical (unpaired) electrons. The Balaban J connectivity index is 1.67. The summed E-state index contributed by atoms with van der Waals surface area (Å²) in [6, 6.07) is 16.8. The molecule has 0 saturated carbocycles. The molecule has 0 saturated heterocycles. The number of anilines is 4. The van der Waals surface area contributed by atoms with Crippen LogP contribution in [0.15, 0.2) is 54.7 Å². The van der Waals surface area contributed by atoms with Crippen molar-refractivity contribution < 1.29 is 0 Å². The van der Waals surface area contributed by atoms with Crippen LogP contribution in [0.3, 0.4) is 0 Å². The zero-order chi connectivity index (χ0) is 17.2. The summed E-state index contributed by atoms with van der Waals surface area (Å²) in [5.41, 5.74) is 6.11. The maximum atomic E-state index is 4.78. The number of hydrogen-bond donors (Lipinski definition) is 1. The van der Waals surface area contributed by atoms with Gasteiger partial charge in [-0.1, -0.05) is 36.4 Å². The maximum absolute atomic E-state index is 4.78. The minimum absolute atomic E-state index is 0.637. The molecule has 1 aliphatic rings. The summed E-state index contributed by atoms with van der Waals surface area (Å²) in [7, 11) is 0. The summed E-state index contributed by atoms with van der Waals surface area (Å²) >= 11 is 0. The summed E-state index contributed by atoms with van der Waals surface area (Å²) in [5, 5.41) is 3.40. The van der Waals surface area contributed by atoms with Crippen molar-refractivity contribution in [2.45, 2.75) is 26.7 Å². The van der Waals surface area contributed by atoms with E-state index in [0.717, 1.165) is 30.9 Å². The highest BCUT2D eigenvalue weighted by molar-refractivity contribution is 5.67. The first-order valence-electron chi connectivity index (χ1n) is 8.74. The monoisotopic (exact) mass is 330 g/mol. The van der Waals surface area contributed by atoms with E-state index in [1.165, 1.54) is 22.4 Å². The summed E-state index contributed by atoms with van der Waals surface area (Å²) in [6.07, 6.45) is 4.10. The Morgan fingerprint density at radius 1 is 0.960 bits per heavy atom. The normalized spacial score (nSPS) is 13.4. The van der Waals surface area contributed by atoms with Gasteiger partial charge in [-0.3, -0.25) is 0 Å². The van der Waals surface area contributed by atoms with E-state index in [2.05, 4.69) is 71.5 Å². The van der Waals surface area contributed by atoms with Crippen molar-refractivity contribution in [3.63, 3.8) is 0 Å². The fourth-order valence-electron chi connectivity index (χ4n) is 3.45. The average molecular weight is 330 g/mol. The van der Waals surface area contributed by atoms with Gasteiger partial charge in [0.1, 0.15) is 5.82 Å². The van der Waals surface area contributed by atoms with Crippen LogP contribution in [0.2, 0.25) is 0 Å². The summed E-state index contributed by atoms with van der Waals surface area (Å²) in [5.74, 6) is 1.58. The Labute approximate surface area is 148 Å². The predicted octanol–water partition coefficient (Wildman–Crippen LogP) is 4.92. The van der Waals surface area contributed by atoms with Crippen LogP contribution in [-0.2, 0) is 6.42 Å². The first-order chi connectivity index (χ1) is 12.2. The molecule has 0 bridgehead atoms. The van der Waals surface area contributed by atoms with Crippen LogP contribution < -0.4 is 10.2 Å². The van der Waals surface area contributed by atoms with Crippen LogP contribution in [0.25, 0.3) is 0 Å². The quantitative estimate of drug-likeness (QED) is 0.740. The maximum Gasteiger partial charge on any atom is 0.229 e. The molecule has 0 atom stereocenters. The van der Waals surface area contributed by atoms with Gasteiger partial charge in [-0.05, 0) is 55.5 Å².